The van der Waals surface area contributed by atoms with Crippen LogP contribution in [-0.4, -0.2) is 64.0 Å². The van der Waals surface area contributed by atoms with Crippen molar-refractivity contribution in [2.24, 2.45) is 0 Å². The second kappa shape index (κ2) is 10.9. The molecule has 2 aromatic carbocycles. The molecule has 0 bridgehead atoms. The zero-order chi connectivity index (χ0) is 24.0. The number of carboxylic acids is 1. The topological polar surface area (TPSA) is 99.5 Å². The van der Waals surface area contributed by atoms with Crippen molar-refractivity contribution in [3.8, 4) is 11.5 Å². The van der Waals surface area contributed by atoms with Crippen LogP contribution in [0.15, 0.2) is 48.5 Å². The highest BCUT2D eigenvalue weighted by Crippen LogP contribution is 2.36. The first-order valence-corrected chi connectivity index (χ1v) is 11.1. The van der Waals surface area contributed by atoms with Crippen LogP contribution in [-0.2, 0) is 11.3 Å². The zero-order valence-electron chi connectivity index (χ0n) is 18.7. The fraction of sp³-hybridized carbons (Fsp3) is 0.417. The van der Waals surface area contributed by atoms with Crippen LogP contribution in [0, 0.1) is 0 Å². The summed E-state index contributed by atoms with van der Waals surface area (Å²) < 4.78 is 10.7. The van der Waals surface area contributed by atoms with E-state index in [-0.39, 0.29) is 6.42 Å². The molecule has 0 spiro atoms. The van der Waals surface area contributed by atoms with E-state index < -0.39 is 23.8 Å². The number of carbonyl (C=O) groups is 2. The Hall–Kier alpha value is -2.81. The van der Waals surface area contributed by atoms with E-state index in [4.69, 9.17) is 26.2 Å². The van der Waals surface area contributed by atoms with Crippen molar-refractivity contribution in [2.45, 2.75) is 44.5 Å². The molecule has 0 aliphatic carbocycles. The molecule has 1 aliphatic heterocycles. The molecule has 8 nitrogen and oxygen atoms in total. The molecule has 2 aromatic rings. The van der Waals surface area contributed by atoms with E-state index in [0.29, 0.717) is 49.0 Å². The molecule has 1 saturated heterocycles. The lowest BCUT2D eigenvalue weighted by atomic mass is 9.84. The number of carbonyl (C=O) groups excluding carboxylic acids is 1. The summed E-state index contributed by atoms with van der Waals surface area (Å²) in [5.41, 5.74) is 0.0354. The molecule has 33 heavy (non-hydrogen) atoms. The Labute approximate surface area is 198 Å². The third-order valence-electron chi connectivity index (χ3n) is 5.96. The van der Waals surface area contributed by atoms with Gasteiger partial charge in [-0.1, -0.05) is 29.8 Å². The maximum atomic E-state index is 12.9. The van der Waals surface area contributed by atoms with Crippen LogP contribution < -0.4 is 9.47 Å². The SMILES string of the molecule is COc1cccc(OC(=O)N2CCC2(C)C(O)N(CCCC(=O)O)Cc2ccc(Cl)cc2)c1. The summed E-state index contributed by atoms with van der Waals surface area (Å²) in [5.74, 6) is 0.0242. The first-order chi connectivity index (χ1) is 15.7. The van der Waals surface area contributed by atoms with Gasteiger partial charge in [0, 0.05) is 37.1 Å². The molecule has 2 unspecified atom stereocenters. The molecule has 178 valence electrons. The molecule has 0 saturated carbocycles. The van der Waals surface area contributed by atoms with Gasteiger partial charge in [-0.2, -0.15) is 0 Å². The number of amides is 1. The first kappa shape index (κ1) is 24.8. The van der Waals surface area contributed by atoms with E-state index in [1.807, 2.05) is 12.1 Å². The van der Waals surface area contributed by atoms with Crippen molar-refractivity contribution < 1.29 is 29.3 Å². The fourth-order valence-electron chi connectivity index (χ4n) is 3.90. The van der Waals surface area contributed by atoms with E-state index in [9.17, 15) is 14.7 Å². The Morgan fingerprint density at radius 2 is 1.91 bits per heavy atom. The number of methoxy groups -OCH3 is 1. The van der Waals surface area contributed by atoms with E-state index in [0.717, 1.165) is 5.56 Å². The average Bonchev–Trinajstić information content (AvgIpc) is 2.77. The molecule has 0 radical (unpaired) electrons. The highest BCUT2D eigenvalue weighted by Gasteiger charge is 2.51. The van der Waals surface area contributed by atoms with Crippen molar-refractivity contribution >= 4 is 23.7 Å². The molecular formula is C24H29ClN2O6. The van der Waals surface area contributed by atoms with Crippen molar-refractivity contribution in [1.82, 2.24) is 9.80 Å². The van der Waals surface area contributed by atoms with Gasteiger partial charge >= 0.3 is 12.1 Å². The smallest absolute Gasteiger partial charge is 0.415 e. The van der Waals surface area contributed by atoms with Gasteiger partial charge in [-0.05, 0) is 49.6 Å². The van der Waals surface area contributed by atoms with Gasteiger partial charge in [0.25, 0.3) is 0 Å². The summed E-state index contributed by atoms with van der Waals surface area (Å²) in [6, 6.07) is 14.0. The van der Waals surface area contributed by atoms with Gasteiger partial charge in [0.2, 0.25) is 0 Å². The van der Waals surface area contributed by atoms with Gasteiger partial charge in [0.15, 0.2) is 0 Å². The largest absolute Gasteiger partial charge is 0.497 e. The minimum absolute atomic E-state index is 0.0118. The van der Waals surface area contributed by atoms with Crippen molar-refractivity contribution in [3.63, 3.8) is 0 Å². The van der Waals surface area contributed by atoms with Gasteiger partial charge in [0.1, 0.15) is 17.7 Å². The standard InChI is InChI=1S/C24H29ClN2O6/c1-24(12-14-27(24)23(31)33-20-6-3-5-19(15-20)32-2)22(30)26(13-4-7-21(28)29)16-17-8-10-18(25)11-9-17/h3,5-6,8-11,15,22,30H,4,7,12-14,16H2,1-2H3,(H,28,29). The maximum absolute atomic E-state index is 12.9. The lowest BCUT2D eigenvalue weighted by Crippen LogP contribution is -2.70. The number of nitrogens with zero attached hydrogens (tertiary/aromatic N) is 2. The van der Waals surface area contributed by atoms with Crippen LogP contribution in [0.2, 0.25) is 5.02 Å². The number of hydrogen-bond donors (Lipinski definition) is 2. The summed E-state index contributed by atoms with van der Waals surface area (Å²) in [6.45, 7) is 2.98. The third-order valence-corrected chi connectivity index (χ3v) is 6.21. The van der Waals surface area contributed by atoms with Gasteiger partial charge < -0.3 is 19.7 Å². The number of aliphatic hydroxyl groups is 1. The molecule has 3 rings (SSSR count). The first-order valence-electron chi connectivity index (χ1n) is 10.7. The average molecular weight is 477 g/mol. The summed E-state index contributed by atoms with van der Waals surface area (Å²) in [6.07, 6.45) is -0.647. The number of ether oxygens (including phenoxy) is 2. The quantitative estimate of drug-likeness (QED) is 0.500. The number of benzene rings is 2. The third kappa shape index (κ3) is 6.16. The number of aliphatic hydroxyl groups excluding tert-OH is 1. The van der Waals surface area contributed by atoms with Crippen molar-refractivity contribution in [3.05, 3.63) is 59.1 Å². The summed E-state index contributed by atoms with van der Waals surface area (Å²) in [5, 5.41) is 20.9. The minimum Gasteiger partial charge on any atom is -0.497 e. The van der Waals surface area contributed by atoms with E-state index in [1.165, 1.54) is 12.0 Å². The number of halogens is 1. The Morgan fingerprint density at radius 1 is 1.21 bits per heavy atom. The molecule has 1 fully saturated rings. The minimum atomic E-state index is -1.02. The van der Waals surface area contributed by atoms with Crippen LogP contribution in [0.5, 0.6) is 11.5 Å². The predicted molar refractivity (Wildman–Crippen MR) is 123 cm³/mol. The molecular weight excluding hydrogens is 448 g/mol. The molecule has 0 aromatic heterocycles. The molecule has 1 aliphatic rings. The monoisotopic (exact) mass is 476 g/mol. The van der Waals surface area contributed by atoms with Crippen LogP contribution >= 0.6 is 11.6 Å². The highest BCUT2D eigenvalue weighted by molar-refractivity contribution is 6.30. The number of rotatable bonds is 10. The molecule has 2 N–H and O–H groups in total. The van der Waals surface area contributed by atoms with E-state index >= 15 is 0 Å². The Balaban J connectivity index is 1.73. The Bertz CT molecular complexity index is 970. The lowest BCUT2D eigenvalue weighted by molar-refractivity contribution is -0.146. The normalized spacial score (nSPS) is 18.5. The number of aliphatic carboxylic acids is 1. The molecule has 2 atom stereocenters. The van der Waals surface area contributed by atoms with Gasteiger partial charge in [-0.25, -0.2) is 4.79 Å². The molecule has 1 heterocycles. The highest BCUT2D eigenvalue weighted by atomic mass is 35.5. The van der Waals surface area contributed by atoms with Gasteiger partial charge in [-0.3, -0.25) is 14.6 Å². The Morgan fingerprint density at radius 3 is 2.52 bits per heavy atom. The van der Waals surface area contributed by atoms with Crippen molar-refractivity contribution in [1.29, 1.82) is 0 Å². The number of carboxylic acid groups (broad SMARTS) is 1. The van der Waals surface area contributed by atoms with Crippen LogP contribution in [0.4, 0.5) is 4.79 Å². The van der Waals surface area contributed by atoms with Crippen molar-refractivity contribution in [2.75, 3.05) is 20.2 Å². The summed E-state index contributed by atoms with van der Waals surface area (Å²) >= 11 is 5.98. The number of likely N-dealkylation sites (tertiary alicyclic amines) is 1. The summed E-state index contributed by atoms with van der Waals surface area (Å²) in [7, 11) is 1.53. The second-order valence-electron chi connectivity index (χ2n) is 8.27. The van der Waals surface area contributed by atoms with E-state index in [1.54, 1.807) is 48.2 Å². The predicted octanol–water partition coefficient (Wildman–Crippen LogP) is 4.00. The lowest BCUT2D eigenvalue weighted by Gasteiger charge is -2.54. The Kier molecular flexibility index (Phi) is 8.18. The maximum Gasteiger partial charge on any atom is 0.415 e. The van der Waals surface area contributed by atoms with Crippen LogP contribution in [0.3, 0.4) is 0 Å². The number of hydrogen-bond acceptors (Lipinski definition) is 6. The zero-order valence-corrected chi connectivity index (χ0v) is 19.5. The van der Waals surface area contributed by atoms with Crippen LogP contribution in [0.1, 0.15) is 31.7 Å². The van der Waals surface area contributed by atoms with Gasteiger partial charge in [0.05, 0.1) is 12.6 Å². The summed E-state index contributed by atoms with van der Waals surface area (Å²) in [4.78, 5) is 27.2. The molecule has 1 amide bonds. The van der Waals surface area contributed by atoms with E-state index in [2.05, 4.69) is 0 Å². The molecule has 9 heteroatoms. The second-order valence-corrected chi connectivity index (χ2v) is 8.71. The van der Waals surface area contributed by atoms with Crippen LogP contribution in [0.25, 0.3) is 0 Å². The van der Waals surface area contributed by atoms with Gasteiger partial charge in [-0.15, -0.1) is 0 Å². The fourth-order valence-corrected chi connectivity index (χ4v) is 4.03.